The summed E-state index contributed by atoms with van der Waals surface area (Å²) in [7, 11) is 0. The van der Waals surface area contributed by atoms with Gasteiger partial charge < -0.3 is 0 Å². The second-order valence-corrected chi connectivity index (χ2v) is 3.21. The van der Waals surface area contributed by atoms with Crippen molar-refractivity contribution in [2.24, 2.45) is 4.99 Å². The van der Waals surface area contributed by atoms with Crippen LogP contribution in [0.3, 0.4) is 0 Å². The van der Waals surface area contributed by atoms with Crippen LogP contribution in [-0.4, -0.2) is 0 Å². The average molecular weight is 166 g/mol. The maximum absolute atomic E-state index is 4.52. The van der Waals surface area contributed by atoms with Crippen LogP contribution in [0.15, 0.2) is 47.1 Å². The van der Waals surface area contributed by atoms with Gasteiger partial charge >= 0.3 is 0 Å². The van der Waals surface area contributed by atoms with Crippen LogP contribution < -0.4 is 10.6 Å². The molecule has 1 radical (unpaired) electrons. The Morgan fingerprint density at radius 2 is 2.15 bits per heavy atom. The van der Waals surface area contributed by atoms with E-state index in [-0.39, 0.29) is 0 Å². The highest BCUT2D eigenvalue weighted by atomic mass is 14.8. The van der Waals surface area contributed by atoms with Crippen LogP contribution in [0.4, 0.5) is 0 Å². The first-order valence-corrected chi connectivity index (χ1v) is 4.40. The number of benzene rings is 1. The SMILES string of the molecule is [C]1=CCC2=c3ccccc3=NC2=C1. The van der Waals surface area contributed by atoms with Crippen LogP contribution in [0, 0.1) is 6.08 Å². The van der Waals surface area contributed by atoms with Crippen LogP contribution in [-0.2, 0) is 0 Å². The highest BCUT2D eigenvalue weighted by molar-refractivity contribution is 5.68. The molecular formula is C12H8N. The number of para-hydroxylation sites is 1. The Kier molecular flexibility index (Phi) is 1.28. The summed E-state index contributed by atoms with van der Waals surface area (Å²) in [6.07, 6.45) is 8.06. The number of rotatable bonds is 0. The van der Waals surface area contributed by atoms with Crippen LogP contribution in [0.25, 0.3) is 5.57 Å². The molecule has 1 aromatic rings. The summed E-state index contributed by atoms with van der Waals surface area (Å²) in [6.45, 7) is 0. The molecule has 0 N–H and O–H groups in total. The second kappa shape index (κ2) is 2.43. The molecule has 1 heteroatoms. The van der Waals surface area contributed by atoms with Gasteiger partial charge in [0.1, 0.15) is 0 Å². The van der Waals surface area contributed by atoms with E-state index in [9.17, 15) is 0 Å². The van der Waals surface area contributed by atoms with Gasteiger partial charge in [-0.3, -0.25) is 0 Å². The van der Waals surface area contributed by atoms with E-state index < -0.39 is 0 Å². The Labute approximate surface area is 76.4 Å². The molecule has 0 spiro atoms. The molecule has 1 nitrogen and oxygen atoms in total. The van der Waals surface area contributed by atoms with Crippen LogP contribution >= 0.6 is 0 Å². The second-order valence-electron chi connectivity index (χ2n) is 3.21. The molecule has 0 saturated heterocycles. The predicted octanol–water partition coefficient (Wildman–Crippen LogP) is 1.12. The van der Waals surface area contributed by atoms with Gasteiger partial charge in [-0.15, -0.1) is 0 Å². The molecule has 0 saturated carbocycles. The van der Waals surface area contributed by atoms with E-state index in [0.717, 1.165) is 17.5 Å². The first-order chi connectivity index (χ1) is 6.45. The van der Waals surface area contributed by atoms with Gasteiger partial charge in [0.25, 0.3) is 0 Å². The van der Waals surface area contributed by atoms with Gasteiger partial charge in [-0.2, -0.15) is 0 Å². The van der Waals surface area contributed by atoms with Gasteiger partial charge in [0, 0.05) is 5.22 Å². The van der Waals surface area contributed by atoms with Gasteiger partial charge in [-0.1, -0.05) is 24.3 Å². The zero-order valence-electron chi connectivity index (χ0n) is 7.12. The van der Waals surface area contributed by atoms with E-state index in [0.29, 0.717) is 0 Å². The number of allylic oxidation sites excluding steroid dienone is 4. The molecule has 1 heterocycles. The lowest BCUT2D eigenvalue weighted by Crippen LogP contribution is -2.21. The van der Waals surface area contributed by atoms with Gasteiger partial charge in [0.05, 0.1) is 11.1 Å². The molecule has 0 bridgehead atoms. The first kappa shape index (κ1) is 6.84. The van der Waals surface area contributed by atoms with Crippen molar-refractivity contribution in [2.75, 3.05) is 0 Å². The number of hydrogen-bond donors (Lipinski definition) is 0. The minimum Gasteiger partial charge on any atom is -0.248 e. The fourth-order valence-corrected chi connectivity index (χ4v) is 1.79. The predicted molar refractivity (Wildman–Crippen MR) is 51.1 cm³/mol. The smallest absolute Gasteiger partial charge is 0.0713 e. The monoisotopic (exact) mass is 166 g/mol. The largest absolute Gasteiger partial charge is 0.248 e. The Morgan fingerprint density at radius 3 is 3.15 bits per heavy atom. The summed E-state index contributed by atoms with van der Waals surface area (Å²) < 4.78 is 0. The van der Waals surface area contributed by atoms with Crippen molar-refractivity contribution in [3.05, 3.63) is 58.8 Å². The lowest BCUT2D eigenvalue weighted by molar-refractivity contribution is 1.26. The minimum absolute atomic E-state index is 0.965. The van der Waals surface area contributed by atoms with Crippen LogP contribution in [0.5, 0.6) is 0 Å². The zero-order valence-corrected chi connectivity index (χ0v) is 7.12. The van der Waals surface area contributed by atoms with Gasteiger partial charge in [0.2, 0.25) is 0 Å². The van der Waals surface area contributed by atoms with E-state index in [1.807, 2.05) is 12.1 Å². The molecule has 1 aliphatic heterocycles. The lowest BCUT2D eigenvalue weighted by atomic mass is 10.0. The Hall–Kier alpha value is -1.63. The summed E-state index contributed by atoms with van der Waals surface area (Å²) in [6, 6.07) is 8.28. The highest BCUT2D eigenvalue weighted by Gasteiger charge is 2.12. The quantitative estimate of drug-likeness (QED) is 0.547. The molecule has 0 aromatic heterocycles. The summed E-state index contributed by atoms with van der Waals surface area (Å²) in [5, 5.41) is 2.38. The lowest BCUT2D eigenvalue weighted by Gasteiger charge is -2.02. The molecule has 1 aromatic carbocycles. The van der Waals surface area contributed by atoms with Crippen LogP contribution in [0.1, 0.15) is 6.42 Å². The maximum Gasteiger partial charge on any atom is 0.0713 e. The maximum atomic E-state index is 4.52. The molecule has 61 valence electrons. The highest BCUT2D eigenvalue weighted by Crippen LogP contribution is 2.21. The molecule has 0 atom stereocenters. The third-order valence-corrected chi connectivity index (χ3v) is 2.42. The Bertz CT molecular complexity index is 532. The molecule has 13 heavy (non-hydrogen) atoms. The summed E-state index contributed by atoms with van der Waals surface area (Å²) >= 11 is 0. The fourth-order valence-electron chi connectivity index (χ4n) is 1.79. The average Bonchev–Trinajstić information content (AvgIpc) is 2.56. The molecule has 1 aliphatic carbocycles. The third kappa shape index (κ3) is 0.903. The van der Waals surface area contributed by atoms with Crippen molar-refractivity contribution in [1.82, 2.24) is 0 Å². The molecule has 2 aliphatic rings. The van der Waals surface area contributed by atoms with Crippen molar-refractivity contribution >= 4 is 5.57 Å². The van der Waals surface area contributed by atoms with Gasteiger partial charge in [-0.05, 0) is 30.2 Å². The van der Waals surface area contributed by atoms with E-state index in [1.165, 1.54) is 10.8 Å². The minimum atomic E-state index is 0.965. The number of fused-ring (bicyclic) bond motifs is 2. The topological polar surface area (TPSA) is 12.4 Å². The normalized spacial score (nSPS) is 17.5. The summed E-state index contributed by atoms with van der Waals surface area (Å²) in [5.41, 5.74) is 2.43. The van der Waals surface area contributed by atoms with Crippen molar-refractivity contribution in [2.45, 2.75) is 6.42 Å². The van der Waals surface area contributed by atoms with Crippen molar-refractivity contribution in [1.29, 1.82) is 0 Å². The van der Waals surface area contributed by atoms with Gasteiger partial charge in [0.15, 0.2) is 0 Å². The fraction of sp³-hybridized carbons (Fsp3) is 0.0833. The van der Waals surface area contributed by atoms with E-state index in [2.05, 4.69) is 35.3 Å². The zero-order chi connectivity index (χ0) is 8.67. The van der Waals surface area contributed by atoms with Crippen LogP contribution in [0.2, 0.25) is 0 Å². The van der Waals surface area contributed by atoms with Gasteiger partial charge in [-0.25, -0.2) is 4.99 Å². The number of nitrogens with zero attached hydrogens (tertiary/aromatic N) is 1. The summed E-state index contributed by atoms with van der Waals surface area (Å²) in [4.78, 5) is 4.52. The first-order valence-electron chi connectivity index (χ1n) is 4.40. The molecular weight excluding hydrogens is 158 g/mol. The van der Waals surface area contributed by atoms with Crippen molar-refractivity contribution in [3.8, 4) is 0 Å². The Balaban J connectivity index is 2.46. The third-order valence-electron chi connectivity index (χ3n) is 2.42. The standard InChI is InChI=1S/C12H8N/c1-3-7-11-9(5-1)10-6-2-4-8-12(10)13-11/h1-3,5,7-8H,6H2. The van der Waals surface area contributed by atoms with Crippen molar-refractivity contribution in [3.63, 3.8) is 0 Å². The van der Waals surface area contributed by atoms with Crippen molar-refractivity contribution < 1.29 is 0 Å². The van der Waals surface area contributed by atoms with E-state index in [1.54, 1.807) is 0 Å². The molecule has 0 fully saturated rings. The van der Waals surface area contributed by atoms with E-state index >= 15 is 0 Å². The summed E-state index contributed by atoms with van der Waals surface area (Å²) in [5.74, 6) is 0. The Morgan fingerprint density at radius 1 is 1.23 bits per heavy atom. The molecule has 0 unspecified atom stereocenters. The number of hydrogen-bond acceptors (Lipinski definition) is 1. The molecule has 3 rings (SSSR count). The van der Waals surface area contributed by atoms with E-state index in [4.69, 9.17) is 0 Å². The molecule has 0 amide bonds.